The van der Waals surface area contributed by atoms with Crippen LogP contribution in [0.4, 0.5) is 0 Å². The number of hydrogen-bond acceptors (Lipinski definition) is 5. The Labute approximate surface area is 85.8 Å². The van der Waals surface area contributed by atoms with E-state index in [2.05, 4.69) is 0 Å². The Hall–Kier alpha value is 0.390. The summed E-state index contributed by atoms with van der Waals surface area (Å²) in [5, 5.41) is 0. The van der Waals surface area contributed by atoms with Crippen LogP contribution >= 0.6 is 28.1 Å². The van der Waals surface area contributed by atoms with Gasteiger partial charge in [0.1, 0.15) is 0 Å². The van der Waals surface area contributed by atoms with Crippen molar-refractivity contribution in [3.05, 3.63) is 0 Å². The first-order chi connectivity index (χ1) is 4.00. The van der Waals surface area contributed by atoms with Crippen molar-refractivity contribution in [2.45, 2.75) is 0 Å². The summed E-state index contributed by atoms with van der Waals surface area (Å²) >= 11 is 0. The molecule has 0 fully saturated rings. The molecule has 0 radical (unpaired) electrons. The van der Waals surface area contributed by atoms with Crippen LogP contribution in [0.15, 0.2) is 0 Å². The van der Waals surface area contributed by atoms with Gasteiger partial charge in [-0.15, -0.1) is 12.4 Å². The topological polar surface area (TPSA) is 261 Å². The molecule has 0 unspecified atom stereocenters. The highest BCUT2D eigenvalue weighted by atomic mass is 35.5. The zero-order chi connectivity index (χ0) is 9.00. The van der Waals surface area contributed by atoms with Crippen LogP contribution in [0.2, 0.25) is 0 Å². The zero-order valence-corrected chi connectivity index (χ0v) is 9.53. The summed E-state index contributed by atoms with van der Waals surface area (Å²) in [6, 6.07) is 0. The van der Waals surface area contributed by atoms with Crippen LogP contribution in [-0.4, -0.2) is 29.4 Å². The Bertz CT molecular complexity index is 135. The van der Waals surface area contributed by atoms with Crippen molar-refractivity contribution in [1.82, 2.24) is 18.5 Å². The second-order valence-corrected chi connectivity index (χ2v) is 3.08. The van der Waals surface area contributed by atoms with Crippen molar-refractivity contribution < 1.29 is 38.5 Å². The average Bonchev–Trinajstić information content (AvgIpc) is 1.12. The predicted molar refractivity (Wildman–Crippen MR) is 50.8 cm³/mol. The van der Waals surface area contributed by atoms with E-state index in [9.17, 15) is 0 Å². The quantitative estimate of drug-likeness (QED) is 0.244. The molecular weight excluding hydrogens is 267 g/mol. The summed E-state index contributed by atoms with van der Waals surface area (Å²) in [7, 11) is -9.28. The standard InChI is InChI=1S/ClH.3H3N.2H3O4P/c;;;;2*1-5(2,3)4/h1H;3*1H3;2*(H3,1,2,3,4). The van der Waals surface area contributed by atoms with Crippen LogP contribution in [0, 0.1) is 0 Å². The van der Waals surface area contributed by atoms with E-state index in [1.54, 1.807) is 0 Å². The van der Waals surface area contributed by atoms with E-state index in [0.29, 0.717) is 0 Å². The van der Waals surface area contributed by atoms with Gasteiger partial charge in [-0.3, -0.25) is 0 Å². The molecule has 15 N–H and O–H groups in total. The van der Waals surface area contributed by atoms with E-state index in [-0.39, 0.29) is 30.9 Å². The fourth-order valence-corrected chi connectivity index (χ4v) is 0. The van der Waals surface area contributed by atoms with Crippen LogP contribution < -0.4 is 18.5 Å². The fraction of sp³-hybridized carbons (Fsp3) is 0. The minimum atomic E-state index is -4.64. The van der Waals surface area contributed by atoms with Gasteiger partial charge in [-0.1, -0.05) is 0 Å². The van der Waals surface area contributed by atoms with Gasteiger partial charge in [-0.25, -0.2) is 9.13 Å². The molecule has 0 saturated carbocycles. The van der Waals surface area contributed by atoms with Gasteiger partial charge in [0.2, 0.25) is 0 Å². The smallest absolute Gasteiger partial charge is 0.344 e. The van der Waals surface area contributed by atoms with Gasteiger partial charge < -0.3 is 47.8 Å². The fourth-order valence-electron chi connectivity index (χ4n) is 0. The maximum atomic E-state index is 8.88. The van der Waals surface area contributed by atoms with Crippen molar-refractivity contribution in [1.29, 1.82) is 0 Å². The number of hydrogen-bond donors (Lipinski definition) is 9. The molecule has 0 atom stereocenters. The van der Waals surface area contributed by atoms with Gasteiger partial charge in [0.05, 0.1) is 0 Å². The Morgan fingerprint density at radius 3 is 0.571 bits per heavy atom. The van der Waals surface area contributed by atoms with Gasteiger partial charge in [0.25, 0.3) is 0 Å². The molecule has 0 aliphatic rings. The van der Waals surface area contributed by atoms with Crippen LogP contribution in [0.1, 0.15) is 0 Å². The van der Waals surface area contributed by atoms with Gasteiger partial charge in [-0.2, -0.15) is 0 Å². The van der Waals surface area contributed by atoms with Crippen molar-refractivity contribution in [2.24, 2.45) is 0 Å². The van der Waals surface area contributed by atoms with E-state index in [0.717, 1.165) is 0 Å². The second-order valence-electron chi connectivity index (χ2n) is 1.03. The second kappa shape index (κ2) is 13.4. The lowest BCUT2D eigenvalue weighted by atomic mass is 14.0. The first-order valence-corrected chi connectivity index (χ1v) is 4.70. The molecule has 0 aromatic carbocycles. The maximum absolute atomic E-state index is 8.88. The van der Waals surface area contributed by atoms with Crippen LogP contribution in [-0.2, 0) is 9.13 Å². The van der Waals surface area contributed by atoms with Gasteiger partial charge in [0, 0.05) is 0 Å². The lowest BCUT2D eigenvalue weighted by Gasteiger charge is -1.82. The molecule has 0 aliphatic carbocycles. The molecular formula is H16ClN3O8P2. The summed E-state index contributed by atoms with van der Waals surface area (Å²) in [5.74, 6) is 0. The Morgan fingerprint density at radius 2 is 0.571 bits per heavy atom. The molecule has 0 aromatic heterocycles. The summed E-state index contributed by atoms with van der Waals surface area (Å²) in [6.45, 7) is 0. The third kappa shape index (κ3) is 10600. The van der Waals surface area contributed by atoms with Gasteiger partial charge >= 0.3 is 15.6 Å². The molecule has 0 amide bonds. The summed E-state index contributed by atoms with van der Waals surface area (Å²) in [6.07, 6.45) is 0. The average molecular weight is 284 g/mol. The first-order valence-electron chi connectivity index (χ1n) is 1.57. The Kier molecular flexibility index (Phi) is 35.1. The molecule has 0 heterocycles. The third-order valence-corrected chi connectivity index (χ3v) is 0. The van der Waals surface area contributed by atoms with Gasteiger partial charge in [0.15, 0.2) is 0 Å². The molecule has 96 valence electrons. The van der Waals surface area contributed by atoms with Crippen molar-refractivity contribution in [3.63, 3.8) is 0 Å². The number of rotatable bonds is 0. The van der Waals surface area contributed by atoms with Gasteiger partial charge in [-0.05, 0) is 0 Å². The molecule has 14 heteroatoms. The zero-order valence-electron chi connectivity index (χ0n) is 6.92. The van der Waals surface area contributed by atoms with E-state index in [1.165, 1.54) is 0 Å². The molecule has 14 heavy (non-hydrogen) atoms. The normalized spacial score (nSPS) is 8.43. The molecule has 0 rings (SSSR count). The van der Waals surface area contributed by atoms with E-state index < -0.39 is 15.6 Å². The molecule has 0 aromatic rings. The molecule has 0 aliphatic heterocycles. The van der Waals surface area contributed by atoms with Crippen LogP contribution in [0.3, 0.4) is 0 Å². The van der Waals surface area contributed by atoms with E-state index in [4.69, 9.17) is 38.5 Å². The molecule has 11 nitrogen and oxygen atoms in total. The Balaban J connectivity index is -0.0000000178. The number of phosphoric acid groups is 2. The monoisotopic (exact) mass is 283 g/mol. The molecule has 0 bridgehead atoms. The summed E-state index contributed by atoms with van der Waals surface area (Å²) in [5.41, 5.74) is 0. The SMILES string of the molecule is Cl.N.N.N.O=P(O)(O)O.O=P(O)(O)O. The maximum Gasteiger partial charge on any atom is 0.466 e. The third-order valence-electron chi connectivity index (χ3n) is 0. The Morgan fingerprint density at radius 1 is 0.571 bits per heavy atom. The van der Waals surface area contributed by atoms with Crippen LogP contribution in [0.5, 0.6) is 0 Å². The lowest BCUT2D eigenvalue weighted by Crippen LogP contribution is -1.66. The van der Waals surface area contributed by atoms with Crippen LogP contribution in [0.25, 0.3) is 0 Å². The lowest BCUT2D eigenvalue weighted by molar-refractivity contribution is 0.272. The van der Waals surface area contributed by atoms with E-state index >= 15 is 0 Å². The minimum absolute atomic E-state index is 0. The van der Waals surface area contributed by atoms with Crippen molar-refractivity contribution in [2.75, 3.05) is 0 Å². The largest absolute Gasteiger partial charge is 0.466 e. The van der Waals surface area contributed by atoms with Crippen molar-refractivity contribution in [3.8, 4) is 0 Å². The molecule has 0 saturated heterocycles. The number of halogens is 1. The predicted octanol–water partition coefficient (Wildman–Crippen LogP) is -0.949. The van der Waals surface area contributed by atoms with E-state index in [1.807, 2.05) is 0 Å². The highest BCUT2D eigenvalue weighted by molar-refractivity contribution is 7.45. The minimum Gasteiger partial charge on any atom is -0.344 e. The highest BCUT2D eigenvalue weighted by Gasteiger charge is 2.00. The summed E-state index contributed by atoms with van der Waals surface area (Å²) in [4.78, 5) is 43.1. The highest BCUT2D eigenvalue weighted by Crippen LogP contribution is 2.26. The molecule has 0 spiro atoms. The van der Waals surface area contributed by atoms with Crippen molar-refractivity contribution >= 4 is 28.1 Å². The summed E-state index contributed by atoms with van der Waals surface area (Å²) < 4.78 is 17.8. The first kappa shape index (κ1) is 36.7.